The summed E-state index contributed by atoms with van der Waals surface area (Å²) >= 11 is 0. The summed E-state index contributed by atoms with van der Waals surface area (Å²) in [6, 6.07) is 17.7. The molecule has 2 aromatic rings. The van der Waals surface area contributed by atoms with Crippen molar-refractivity contribution in [1.29, 1.82) is 5.26 Å². The molecular formula is C23H25N3O5. The van der Waals surface area contributed by atoms with Gasteiger partial charge in [-0.1, -0.05) is 67.6 Å². The van der Waals surface area contributed by atoms with E-state index in [2.05, 4.69) is 10.6 Å². The summed E-state index contributed by atoms with van der Waals surface area (Å²) in [4.78, 5) is 36.7. The van der Waals surface area contributed by atoms with Gasteiger partial charge in [0.05, 0.1) is 6.07 Å². The van der Waals surface area contributed by atoms with Gasteiger partial charge in [-0.3, -0.25) is 4.79 Å². The highest BCUT2D eigenvalue weighted by molar-refractivity contribution is 5.89. The van der Waals surface area contributed by atoms with Crippen LogP contribution in [0.1, 0.15) is 24.5 Å². The summed E-state index contributed by atoms with van der Waals surface area (Å²) in [5, 5.41) is 23.3. The first-order chi connectivity index (χ1) is 14.9. The largest absolute Gasteiger partial charge is 0.480 e. The van der Waals surface area contributed by atoms with E-state index in [4.69, 9.17) is 10.00 Å². The van der Waals surface area contributed by atoms with Crippen LogP contribution in [0.3, 0.4) is 0 Å². The van der Waals surface area contributed by atoms with Crippen LogP contribution in [0.2, 0.25) is 0 Å². The topological polar surface area (TPSA) is 129 Å². The van der Waals surface area contributed by atoms with Crippen LogP contribution in [0.15, 0.2) is 60.7 Å². The molecule has 2 amide bonds. The Morgan fingerprint density at radius 1 is 1.00 bits per heavy atom. The number of nitriles is 1. The molecule has 162 valence electrons. The Morgan fingerprint density at radius 3 is 2.13 bits per heavy atom. The first-order valence-corrected chi connectivity index (χ1v) is 9.82. The lowest BCUT2D eigenvalue weighted by molar-refractivity contribution is -0.143. The van der Waals surface area contributed by atoms with Crippen molar-refractivity contribution in [3.8, 4) is 6.07 Å². The summed E-state index contributed by atoms with van der Waals surface area (Å²) < 4.78 is 5.20. The maximum absolute atomic E-state index is 12.9. The van der Waals surface area contributed by atoms with Crippen LogP contribution in [0.4, 0.5) is 4.79 Å². The Hall–Kier alpha value is -3.86. The Kier molecular flexibility index (Phi) is 9.05. The van der Waals surface area contributed by atoms with Gasteiger partial charge in [-0.2, -0.15) is 5.26 Å². The number of amides is 2. The molecule has 8 heteroatoms. The van der Waals surface area contributed by atoms with Crippen LogP contribution >= 0.6 is 0 Å². The minimum atomic E-state index is -1.26. The van der Waals surface area contributed by atoms with Crippen molar-refractivity contribution >= 4 is 18.0 Å². The highest BCUT2D eigenvalue weighted by Gasteiger charge is 2.30. The maximum atomic E-state index is 12.9. The Balaban J connectivity index is 2.09. The monoisotopic (exact) mass is 423 g/mol. The Bertz CT molecular complexity index is 912. The van der Waals surface area contributed by atoms with Gasteiger partial charge in [-0.05, 0) is 11.1 Å². The number of rotatable bonds is 10. The standard InChI is InChI=1S/C23H25N3O5/c1-16(12-13-24)20(22(28)29)26-21(27)19(14-17-8-4-2-5-9-17)25-23(30)31-15-18-10-6-3-7-11-18/h2-11,16,19-20H,12,14-15H2,1H3,(H,25,30)(H,26,27)(H,28,29)/t16-,19+,20+/m1/s1. The molecule has 2 rings (SSSR count). The lowest BCUT2D eigenvalue weighted by atomic mass is 9.98. The minimum Gasteiger partial charge on any atom is -0.480 e. The number of carbonyl (C=O) groups excluding carboxylic acids is 2. The normalized spacial score (nSPS) is 13.2. The van der Waals surface area contributed by atoms with E-state index in [0.29, 0.717) is 0 Å². The van der Waals surface area contributed by atoms with E-state index >= 15 is 0 Å². The molecule has 3 N–H and O–H groups in total. The number of nitrogens with one attached hydrogen (secondary N) is 2. The van der Waals surface area contributed by atoms with Crippen molar-refractivity contribution in [3.05, 3.63) is 71.8 Å². The van der Waals surface area contributed by atoms with E-state index in [1.807, 2.05) is 30.3 Å². The molecule has 0 aliphatic rings. The number of ether oxygens (including phenoxy) is 1. The zero-order chi connectivity index (χ0) is 22.6. The third-order valence-electron chi connectivity index (χ3n) is 4.65. The molecule has 0 aliphatic carbocycles. The van der Waals surface area contributed by atoms with Crippen LogP contribution in [0.25, 0.3) is 0 Å². The fourth-order valence-electron chi connectivity index (χ4n) is 2.93. The molecule has 0 radical (unpaired) electrons. The van der Waals surface area contributed by atoms with Gasteiger partial charge in [-0.25, -0.2) is 9.59 Å². The van der Waals surface area contributed by atoms with Gasteiger partial charge in [0.25, 0.3) is 0 Å². The minimum absolute atomic E-state index is 0.0311. The summed E-state index contributed by atoms with van der Waals surface area (Å²) in [6.07, 6.45) is -0.684. The predicted molar refractivity (Wildman–Crippen MR) is 113 cm³/mol. The lowest BCUT2D eigenvalue weighted by Gasteiger charge is -2.24. The van der Waals surface area contributed by atoms with Crippen LogP contribution in [-0.2, 0) is 27.4 Å². The number of nitrogens with zero attached hydrogens (tertiary/aromatic N) is 1. The number of aliphatic carboxylic acids is 1. The SMILES string of the molecule is C[C@H](CC#N)[C@H](NC(=O)[C@H](Cc1ccccc1)NC(=O)OCc1ccccc1)C(=O)O. The third-order valence-corrected chi connectivity index (χ3v) is 4.65. The highest BCUT2D eigenvalue weighted by atomic mass is 16.5. The number of benzene rings is 2. The summed E-state index contributed by atoms with van der Waals surface area (Å²) in [6.45, 7) is 1.60. The third kappa shape index (κ3) is 7.82. The van der Waals surface area contributed by atoms with Crippen molar-refractivity contribution in [1.82, 2.24) is 10.6 Å². The van der Waals surface area contributed by atoms with E-state index < -0.39 is 36.0 Å². The first kappa shape index (κ1) is 23.4. The van der Waals surface area contributed by atoms with Gasteiger partial charge >= 0.3 is 12.1 Å². The van der Waals surface area contributed by atoms with Gasteiger partial charge in [0.2, 0.25) is 5.91 Å². The number of alkyl carbamates (subject to hydrolysis) is 1. The quantitative estimate of drug-likeness (QED) is 0.539. The van der Waals surface area contributed by atoms with Crippen LogP contribution in [-0.4, -0.2) is 35.2 Å². The number of hydrogen-bond donors (Lipinski definition) is 3. The zero-order valence-electron chi connectivity index (χ0n) is 17.2. The molecule has 31 heavy (non-hydrogen) atoms. The number of carboxylic acid groups (broad SMARTS) is 1. The molecule has 0 saturated heterocycles. The van der Waals surface area contributed by atoms with Crippen molar-refractivity contribution in [2.24, 2.45) is 5.92 Å². The van der Waals surface area contributed by atoms with Gasteiger partial charge in [-0.15, -0.1) is 0 Å². The van der Waals surface area contributed by atoms with Crippen molar-refractivity contribution < 1.29 is 24.2 Å². The molecule has 0 saturated carbocycles. The summed E-state index contributed by atoms with van der Waals surface area (Å²) in [5.41, 5.74) is 1.57. The van der Waals surface area contributed by atoms with Crippen molar-refractivity contribution in [2.45, 2.75) is 38.5 Å². The molecule has 0 aromatic heterocycles. The van der Waals surface area contributed by atoms with E-state index in [1.165, 1.54) is 0 Å². The molecule has 0 heterocycles. The second-order valence-electron chi connectivity index (χ2n) is 7.11. The van der Waals surface area contributed by atoms with E-state index in [-0.39, 0.29) is 19.4 Å². The average Bonchev–Trinajstić information content (AvgIpc) is 2.76. The number of carboxylic acids is 1. The number of carbonyl (C=O) groups is 3. The predicted octanol–water partition coefficient (Wildman–Crippen LogP) is 2.64. The molecule has 0 fully saturated rings. The molecule has 8 nitrogen and oxygen atoms in total. The second kappa shape index (κ2) is 12.0. The second-order valence-corrected chi connectivity index (χ2v) is 7.11. The maximum Gasteiger partial charge on any atom is 0.408 e. The van der Waals surface area contributed by atoms with E-state index in [0.717, 1.165) is 11.1 Å². The summed E-state index contributed by atoms with van der Waals surface area (Å²) in [7, 11) is 0. The van der Waals surface area contributed by atoms with E-state index in [9.17, 15) is 19.5 Å². The average molecular weight is 423 g/mol. The van der Waals surface area contributed by atoms with Gasteiger partial charge in [0, 0.05) is 18.8 Å². The van der Waals surface area contributed by atoms with Crippen molar-refractivity contribution in [3.63, 3.8) is 0 Å². The van der Waals surface area contributed by atoms with E-state index in [1.54, 1.807) is 43.3 Å². The van der Waals surface area contributed by atoms with Crippen LogP contribution in [0.5, 0.6) is 0 Å². The Morgan fingerprint density at radius 2 is 1.58 bits per heavy atom. The molecular weight excluding hydrogens is 398 g/mol. The molecule has 0 unspecified atom stereocenters. The van der Waals surface area contributed by atoms with Crippen LogP contribution < -0.4 is 10.6 Å². The smallest absolute Gasteiger partial charge is 0.408 e. The summed E-state index contributed by atoms with van der Waals surface area (Å²) in [5.74, 6) is -2.52. The van der Waals surface area contributed by atoms with Crippen molar-refractivity contribution in [2.75, 3.05) is 0 Å². The molecule has 3 atom stereocenters. The first-order valence-electron chi connectivity index (χ1n) is 9.82. The van der Waals surface area contributed by atoms with Gasteiger partial charge in [0.1, 0.15) is 18.7 Å². The molecule has 0 bridgehead atoms. The number of hydrogen-bond acceptors (Lipinski definition) is 5. The molecule has 0 aliphatic heterocycles. The van der Waals surface area contributed by atoms with Crippen LogP contribution in [0, 0.1) is 17.2 Å². The highest BCUT2D eigenvalue weighted by Crippen LogP contribution is 2.10. The lowest BCUT2D eigenvalue weighted by Crippen LogP contribution is -2.54. The molecule has 2 aromatic carbocycles. The zero-order valence-corrected chi connectivity index (χ0v) is 17.2. The van der Waals surface area contributed by atoms with Gasteiger partial charge in [0.15, 0.2) is 0 Å². The fourth-order valence-corrected chi connectivity index (χ4v) is 2.93. The Labute approximate surface area is 180 Å². The molecule has 0 spiro atoms. The fraction of sp³-hybridized carbons (Fsp3) is 0.304. The van der Waals surface area contributed by atoms with Gasteiger partial charge < -0.3 is 20.5 Å².